The zero-order valence-corrected chi connectivity index (χ0v) is 16.1. The Morgan fingerprint density at radius 2 is 1.23 bits per heavy atom. The van der Waals surface area contributed by atoms with Crippen LogP contribution in [0.1, 0.15) is 22.6 Å². The number of ether oxygens (including phenoxy) is 2. The van der Waals surface area contributed by atoms with Crippen LogP contribution in [0.2, 0.25) is 0 Å². The number of hydrogen-bond acceptors (Lipinski definition) is 6. The Kier molecular flexibility index (Phi) is 7.07. The Labute approximate surface area is 152 Å². The molecule has 118 valence electrons. The topological polar surface area (TPSA) is 52.6 Å². The van der Waals surface area contributed by atoms with Crippen LogP contribution in [0.4, 0.5) is 0 Å². The second kappa shape index (κ2) is 8.81. The minimum atomic E-state index is -0.402. The number of rotatable bonds is 7. The van der Waals surface area contributed by atoms with Gasteiger partial charge in [-0.2, -0.15) is 0 Å². The first-order chi connectivity index (χ1) is 10.5. The van der Waals surface area contributed by atoms with E-state index >= 15 is 0 Å². The standard InChI is InChI=1S/C14H12Br2O4S2/c15-11-3-1-9(21-11)7-19-13(17)5-6-14(18)20-8-10-2-4-12(16)22-10/h1-4H,5-8H2. The Bertz CT molecular complexity index is 595. The predicted molar refractivity (Wildman–Crippen MR) is 92.9 cm³/mol. The summed E-state index contributed by atoms with van der Waals surface area (Å²) in [6, 6.07) is 7.56. The molecule has 0 aliphatic rings. The Balaban J connectivity index is 1.62. The minimum absolute atomic E-state index is 0.0273. The first-order valence-electron chi connectivity index (χ1n) is 6.32. The van der Waals surface area contributed by atoms with Gasteiger partial charge in [-0.25, -0.2) is 0 Å². The molecule has 4 nitrogen and oxygen atoms in total. The van der Waals surface area contributed by atoms with E-state index in [9.17, 15) is 9.59 Å². The van der Waals surface area contributed by atoms with Gasteiger partial charge in [-0.05, 0) is 56.1 Å². The summed E-state index contributed by atoms with van der Waals surface area (Å²) in [6.45, 7) is 0.459. The van der Waals surface area contributed by atoms with Crippen molar-refractivity contribution in [3.8, 4) is 0 Å². The van der Waals surface area contributed by atoms with Gasteiger partial charge in [0.1, 0.15) is 13.2 Å². The van der Waals surface area contributed by atoms with Crippen molar-refractivity contribution in [2.24, 2.45) is 0 Å². The highest BCUT2D eigenvalue weighted by Gasteiger charge is 2.10. The molecule has 0 unspecified atom stereocenters. The Morgan fingerprint density at radius 1 is 0.818 bits per heavy atom. The van der Waals surface area contributed by atoms with Crippen molar-refractivity contribution in [1.29, 1.82) is 0 Å². The lowest BCUT2D eigenvalue weighted by atomic mass is 10.3. The normalized spacial score (nSPS) is 10.5. The maximum absolute atomic E-state index is 11.6. The van der Waals surface area contributed by atoms with Crippen molar-refractivity contribution in [3.05, 3.63) is 41.6 Å². The third-order valence-corrected chi connectivity index (χ3v) is 5.74. The highest BCUT2D eigenvalue weighted by molar-refractivity contribution is 9.11. The number of thiophene rings is 2. The van der Waals surface area contributed by atoms with Crippen molar-refractivity contribution < 1.29 is 19.1 Å². The maximum atomic E-state index is 11.6. The number of carbonyl (C=O) groups excluding carboxylic acids is 2. The van der Waals surface area contributed by atoms with Crippen LogP contribution < -0.4 is 0 Å². The molecule has 2 rings (SSSR count). The van der Waals surface area contributed by atoms with E-state index in [0.717, 1.165) is 17.3 Å². The smallest absolute Gasteiger partial charge is 0.306 e. The lowest BCUT2D eigenvalue weighted by Gasteiger charge is -2.04. The molecule has 8 heteroatoms. The highest BCUT2D eigenvalue weighted by atomic mass is 79.9. The summed E-state index contributed by atoms with van der Waals surface area (Å²) in [5.41, 5.74) is 0. The first-order valence-corrected chi connectivity index (χ1v) is 9.54. The summed E-state index contributed by atoms with van der Waals surface area (Å²) < 4.78 is 12.2. The molecule has 0 atom stereocenters. The summed E-state index contributed by atoms with van der Waals surface area (Å²) >= 11 is 9.70. The summed E-state index contributed by atoms with van der Waals surface area (Å²) in [7, 11) is 0. The first kappa shape index (κ1) is 17.7. The SMILES string of the molecule is O=C(CCC(=O)OCc1ccc(Br)s1)OCc1ccc(Br)s1. The van der Waals surface area contributed by atoms with Crippen LogP contribution in [-0.4, -0.2) is 11.9 Å². The van der Waals surface area contributed by atoms with E-state index in [1.807, 2.05) is 24.3 Å². The molecule has 22 heavy (non-hydrogen) atoms. The van der Waals surface area contributed by atoms with Gasteiger partial charge in [0.05, 0.1) is 20.4 Å². The van der Waals surface area contributed by atoms with E-state index in [2.05, 4.69) is 31.9 Å². The summed E-state index contributed by atoms with van der Waals surface area (Å²) in [6.07, 6.45) is 0.0546. The van der Waals surface area contributed by atoms with E-state index in [0.29, 0.717) is 0 Å². The third-order valence-electron chi connectivity index (χ3n) is 2.54. The van der Waals surface area contributed by atoms with Gasteiger partial charge in [-0.15, -0.1) is 22.7 Å². The Morgan fingerprint density at radius 3 is 1.55 bits per heavy atom. The molecular formula is C14H12Br2O4S2. The van der Waals surface area contributed by atoms with Crippen molar-refractivity contribution in [1.82, 2.24) is 0 Å². The van der Waals surface area contributed by atoms with Gasteiger partial charge in [0.15, 0.2) is 0 Å². The van der Waals surface area contributed by atoms with Gasteiger partial charge in [0.2, 0.25) is 0 Å². The molecule has 0 aliphatic heterocycles. The zero-order chi connectivity index (χ0) is 15.9. The van der Waals surface area contributed by atoms with Gasteiger partial charge in [0, 0.05) is 9.75 Å². The fraction of sp³-hybridized carbons (Fsp3) is 0.286. The van der Waals surface area contributed by atoms with E-state index < -0.39 is 11.9 Å². The molecule has 0 aromatic carbocycles. The highest BCUT2D eigenvalue weighted by Crippen LogP contribution is 2.23. The van der Waals surface area contributed by atoms with E-state index in [1.165, 1.54) is 22.7 Å². The monoisotopic (exact) mass is 466 g/mol. The second-order valence-electron chi connectivity index (χ2n) is 4.23. The molecular weight excluding hydrogens is 456 g/mol. The van der Waals surface area contributed by atoms with Gasteiger partial charge in [0.25, 0.3) is 0 Å². The van der Waals surface area contributed by atoms with Crippen molar-refractivity contribution in [2.75, 3.05) is 0 Å². The molecule has 2 heterocycles. The molecule has 0 spiro atoms. The lowest BCUT2D eigenvalue weighted by Crippen LogP contribution is -2.09. The Hall–Kier alpha value is -0.700. The molecule has 0 N–H and O–H groups in total. The zero-order valence-electron chi connectivity index (χ0n) is 11.3. The van der Waals surface area contributed by atoms with Crippen molar-refractivity contribution in [2.45, 2.75) is 26.1 Å². The predicted octanol–water partition coefficient (Wildman–Crippen LogP) is 4.90. The van der Waals surface area contributed by atoms with Crippen LogP contribution in [0.15, 0.2) is 31.8 Å². The number of hydrogen-bond donors (Lipinski definition) is 0. The quantitative estimate of drug-likeness (QED) is 0.543. The van der Waals surface area contributed by atoms with E-state index in [4.69, 9.17) is 9.47 Å². The molecule has 0 bridgehead atoms. The van der Waals surface area contributed by atoms with Crippen LogP contribution in [0.5, 0.6) is 0 Å². The molecule has 0 amide bonds. The number of carbonyl (C=O) groups is 2. The van der Waals surface area contributed by atoms with Gasteiger partial charge < -0.3 is 9.47 Å². The van der Waals surface area contributed by atoms with Crippen LogP contribution in [0, 0.1) is 0 Å². The van der Waals surface area contributed by atoms with Gasteiger partial charge >= 0.3 is 11.9 Å². The van der Waals surface area contributed by atoms with Crippen LogP contribution in [0.3, 0.4) is 0 Å². The summed E-state index contributed by atoms with van der Waals surface area (Å²) in [5, 5.41) is 0. The lowest BCUT2D eigenvalue weighted by molar-refractivity contribution is -0.151. The van der Waals surface area contributed by atoms with Crippen LogP contribution >= 0.6 is 54.5 Å². The van der Waals surface area contributed by atoms with Crippen molar-refractivity contribution >= 4 is 66.5 Å². The second-order valence-corrected chi connectivity index (χ2v) is 9.33. The molecule has 2 aromatic rings. The fourth-order valence-electron chi connectivity index (χ4n) is 1.51. The molecule has 0 radical (unpaired) electrons. The third kappa shape index (κ3) is 6.20. The average Bonchev–Trinajstić information content (AvgIpc) is 3.09. The maximum Gasteiger partial charge on any atom is 0.306 e. The molecule has 2 aromatic heterocycles. The van der Waals surface area contributed by atoms with Crippen LogP contribution in [0.25, 0.3) is 0 Å². The van der Waals surface area contributed by atoms with Gasteiger partial charge in [-0.3, -0.25) is 9.59 Å². The molecule has 0 saturated heterocycles. The minimum Gasteiger partial charge on any atom is -0.460 e. The molecule has 0 fully saturated rings. The van der Waals surface area contributed by atoms with Gasteiger partial charge in [-0.1, -0.05) is 0 Å². The summed E-state index contributed by atoms with van der Waals surface area (Å²) in [5.74, 6) is -0.805. The summed E-state index contributed by atoms with van der Waals surface area (Å²) in [4.78, 5) is 25.0. The largest absolute Gasteiger partial charge is 0.460 e. The number of halogens is 2. The van der Waals surface area contributed by atoms with E-state index in [-0.39, 0.29) is 26.1 Å². The molecule has 0 aliphatic carbocycles. The van der Waals surface area contributed by atoms with Crippen LogP contribution in [-0.2, 0) is 32.3 Å². The fourth-order valence-corrected chi connectivity index (χ4v) is 4.30. The average molecular weight is 468 g/mol. The number of esters is 2. The molecule has 0 saturated carbocycles. The van der Waals surface area contributed by atoms with E-state index in [1.54, 1.807) is 0 Å². The van der Waals surface area contributed by atoms with Crippen molar-refractivity contribution in [3.63, 3.8) is 0 Å².